The molecule has 2 N–H and O–H groups in total. The molecule has 3 amide bonds. The van der Waals surface area contributed by atoms with Gasteiger partial charge in [0.25, 0.3) is 0 Å². The van der Waals surface area contributed by atoms with Gasteiger partial charge in [0.1, 0.15) is 0 Å². The van der Waals surface area contributed by atoms with Crippen LogP contribution in [0, 0.1) is 0 Å². The van der Waals surface area contributed by atoms with Gasteiger partial charge in [-0.3, -0.25) is 4.79 Å². The van der Waals surface area contributed by atoms with Gasteiger partial charge in [0.2, 0.25) is 5.91 Å². The number of likely N-dealkylation sites (tertiary alicyclic amines) is 1. The molecule has 0 aliphatic carbocycles. The Balaban J connectivity index is 1.89. The number of hydrogen-bond donors (Lipinski definition) is 2. The number of carbonyl (C=O) groups excluding carboxylic acids is 2. The van der Waals surface area contributed by atoms with E-state index in [1.165, 1.54) is 0 Å². The van der Waals surface area contributed by atoms with Crippen molar-refractivity contribution in [1.82, 2.24) is 15.5 Å². The summed E-state index contributed by atoms with van der Waals surface area (Å²) in [5.74, 6) is 0.138. The van der Waals surface area contributed by atoms with E-state index in [9.17, 15) is 9.59 Å². The third-order valence-electron chi connectivity index (χ3n) is 4.39. The molecule has 1 aromatic rings. The zero-order valence-electron chi connectivity index (χ0n) is 14.0. The summed E-state index contributed by atoms with van der Waals surface area (Å²) in [5, 5.41) is 5.71. The number of rotatable bonds is 5. The summed E-state index contributed by atoms with van der Waals surface area (Å²) in [6.07, 6.45) is 2.43. The van der Waals surface area contributed by atoms with Crippen molar-refractivity contribution in [3.63, 3.8) is 0 Å². The van der Waals surface area contributed by atoms with E-state index < -0.39 is 0 Å². The van der Waals surface area contributed by atoms with Crippen LogP contribution in [-0.2, 0) is 4.79 Å². The molecule has 1 saturated heterocycles. The molecule has 0 radical (unpaired) electrons. The number of piperidine rings is 1. The van der Waals surface area contributed by atoms with E-state index in [-0.39, 0.29) is 23.9 Å². The van der Waals surface area contributed by atoms with Gasteiger partial charge in [-0.15, -0.1) is 0 Å². The van der Waals surface area contributed by atoms with Crippen LogP contribution < -0.4 is 10.6 Å². The minimum atomic E-state index is -0.118. The van der Waals surface area contributed by atoms with Gasteiger partial charge in [-0.25, -0.2) is 4.79 Å². The van der Waals surface area contributed by atoms with Crippen molar-refractivity contribution < 1.29 is 9.59 Å². The first-order chi connectivity index (χ1) is 11.2. The molecule has 126 valence electrons. The van der Waals surface area contributed by atoms with Crippen LogP contribution in [0.25, 0.3) is 0 Å². The Hall–Kier alpha value is -2.04. The fourth-order valence-electron chi connectivity index (χ4n) is 3.10. The number of nitrogens with one attached hydrogen (secondary N) is 2. The van der Waals surface area contributed by atoms with Crippen LogP contribution in [0.4, 0.5) is 4.79 Å². The van der Waals surface area contributed by atoms with Crippen LogP contribution in [-0.4, -0.2) is 42.5 Å². The second-order valence-electron chi connectivity index (χ2n) is 5.97. The van der Waals surface area contributed by atoms with E-state index in [4.69, 9.17) is 0 Å². The van der Waals surface area contributed by atoms with Gasteiger partial charge in [0, 0.05) is 25.7 Å². The predicted octanol–water partition coefficient (Wildman–Crippen LogP) is 2.49. The molecule has 0 spiro atoms. The average molecular weight is 317 g/mol. The zero-order chi connectivity index (χ0) is 16.7. The van der Waals surface area contributed by atoms with E-state index in [1.54, 1.807) is 0 Å². The van der Waals surface area contributed by atoms with Crippen molar-refractivity contribution in [1.29, 1.82) is 0 Å². The van der Waals surface area contributed by atoms with Crippen molar-refractivity contribution in [2.24, 2.45) is 0 Å². The standard InChI is InChI=1S/C18H27N3O2/c1-3-16(14-8-6-5-7-9-14)17(22)21-12-10-15(11-13-21)20-18(23)19-4-2/h5-9,15-16H,3-4,10-13H2,1-2H3,(H2,19,20,23)/t16-/m0/s1. The van der Waals surface area contributed by atoms with Crippen LogP contribution in [0.15, 0.2) is 30.3 Å². The fourth-order valence-corrected chi connectivity index (χ4v) is 3.10. The molecule has 2 rings (SSSR count). The Bertz CT molecular complexity index is 510. The van der Waals surface area contributed by atoms with Crippen LogP contribution in [0.2, 0.25) is 0 Å². The molecule has 1 aliphatic heterocycles. The Labute approximate surface area is 138 Å². The normalized spacial score (nSPS) is 16.7. The predicted molar refractivity (Wildman–Crippen MR) is 91.3 cm³/mol. The van der Waals surface area contributed by atoms with E-state index in [2.05, 4.69) is 17.6 Å². The summed E-state index contributed by atoms with van der Waals surface area (Å²) >= 11 is 0. The van der Waals surface area contributed by atoms with Crippen LogP contribution in [0.1, 0.15) is 44.6 Å². The maximum absolute atomic E-state index is 12.8. The molecule has 5 heteroatoms. The first kappa shape index (κ1) is 17.3. The molecule has 0 aromatic heterocycles. The van der Waals surface area contributed by atoms with Gasteiger partial charge in [-0.2, -0.15) is 0 Å². The van der Waals surface area contributed by atoms with E-state index >= 15 is 0 Å². The van der Waals surface area contributed by atoms with Crippen molar-refractivity contribution in [3.05, 3.63) is 35.9 Å². The summed E-state index contributed by atoms with van der Waals surface area (Å²) < 4.78 is 0. The molecule has 1 atom stereocenters. The van der Waals surface area contributed by atoms with Gasteiger partial charge in [0.05, 0.1) is 5.92 Å². The Morgan fingerprint density at radius 3 is 2.39 bits per heavy atom. The lowest BCUT2D eigenvalue weighted by Gasteiger charge is -2.34. The molecule has 23 heavy (non-hydrogen) atoms. The molecule has 1 aromatic carbocycles. The maximum atomic E-state index is 12.8. The summed E-state index contributed by atoms with van der Waals surface area (Å²) in [5.41, 5.74) is 1.09. The number of amides is 3. The molecule has 1 fully saturated rings. The quantitative estimate of drug-likeness (QED) is 0.876. The Morgan fingerprint density at radius 2 is 1.83 bits per heavy atom. The average Bonchev–Trinajstić information content (AvgIpc) is 2.57. The lowest BCUT2D eigenvalue weighted by Crippen LogP contribution is -2.49. The van der Waals surface area contributed by atoms with Gasteiger partial charge in [-0.1, -0.05) is 37.3 Å². The van der Waals surface area contributed by atoms with E-state index in [0.717, 1.165) is 24.8 Å². The fraction of sp³-hybridized carbons (Fsp3) is 0.556. The second kappa shape index (κ2) is 8.56. The first-order valence-corrected chi connectivity index (χ1v) is 8.53. The first-order valence-electron chi connectivity index (χ1n) is 8.53. The van der Waals surface area contributed by atoms with E-state index in [1.807, 2.05) is 42.2 Å². The number of hydrogen-bond acceptors (Lipinski definition) is 2. The molecule has 0 saturated carbocycles. The monoisotopic (exact) mass is 317 g/mol. The van der Waals surface area contributed by atoms with Gasteiger partial charge < -0.3 is 15.5 Å². The van der Waals surface area contributed by atoms with Gasteiger partial charge in [0.15, 0.2) is 0 Å². The third kappa shape index (κ3) is 4.71. The van der Waals surface area contributed by atoms with Crippen LogP contribution in [0.5, 0.6) is 0 Å². The van der Waals surface area contributed by atoms with Crippen LogP contribution in [0.3, 0.4) is 0 Å². The summed E-state index contributed by atoms with van der Waals surface area (Å²) in [4.78, 5) is 26.3. The Morgan fingerprint density at radius 1 is 1.17 bits per heavy atom. The van der Waals surface area contributed by atoms with E-state index in [0.29, 0.717) is 19.6 Å². The third-order valence-corrected chi connectivity index (χ3v) is 4.39. The highest BCUT2D eigenvalue weighted by atomic mass is 16.2. The lowest BCUT2D eigenvalue weighted by molar-refractivity contribution is -0.134. The number of benzene rings is 1. The summed E-state index contributed by atoms with van der Waals surface area (Å²) in [7, 11) is 0. The summed E-state index contributed by atoms with van der Waals surface area (Å²) in [6.45, 7) is 5.99. The highest BCUT2D eigenvalue weighted by Gasteiger charge is 2.28. The van der Waals surface area contributed by atoms with Crippen molar-refractivity contribution in [2.75, 3.05) is 19.6 Å². The molecular weight excluding hydrogens is 290 g/mol. The molecular formula is C18H27N3O2. The zero-order valence-corrected chi connectivity index (χ0v) is 14.0. The van der Waals surface area contributed by atoms with Crippen molar-refractivity contribution in [3.8, 4) is 0 Å². The van der Waals surface area contributed by atoms with Gasteiger partial charge >= 0.3 is 6.03 Å². The molecule has 1 heterocycles. The molecule has 0 unspecified atom stereocenters. The minimum Gasteiger partial charge on any atom is -0.342 e. The van der Waals surface area contributed by atoms with Crippen LogP contribution >= 0.6 is 0 Å². The number of nitrogens with zero attached hydrogens (tertiary/aromatic N) is 1. The topological polar surface area (TPSA) is 61.4 Å². The maximum Gasteiger partial charge on any atom is 0.314 e. The van der Waals surface area contributed by atoms with Crippen molar-refractivity contribution >= 4 is 11.9 Å². The Kier molecular flexibility index (Phi) is 6.44. The highest BCUT2D eigenvalue weighted by Crippen LogP contribution is 2.24. The number of urea groups is 1. The number of carbonyl (C=O) groups is 2. The summed E-state index contributed by atoms with van der Waals surface area (Å²) in [6, 6.07) is 10.0. The lowest BCUT2D eigenvalue weighted by atomic mass is 9.93. The van der Waals surface area contributed by atoms with Gasteiger partial charge in [-0.05, 0) is 31.7 Å². The highest BCUT2D eigenvalue weighted by molar-refractivity contribution is 5.83. The minimum absolute atomic E-state index is 0.0656. The molecule has 0 bridgehead atoms. The SMILES string of the molecule is CCNC(=O)NC1CCN(C(=O)[C@@H](CC)c2ccccc2)CC1. The second-order valence-corrected chi connectivity index (χ2v) is 5.97. The smallest absolute Gasteiger partial charge is 0.314 e. The molecule has 5 nitrogen and oxygen atoms in total. The molecule has 1 aliphatic rings. The van der Waals surface area contributed by atoms with Crippen molar-refractivity contribution in [2.45, 2.75) is 45.1 Å². The largest absolute Gasteiger partial charge is 0.342 e.